The molecule has 0 heterocycles. The Hall–Kier alpha value is -1.38. The second-order valence-corrected chi connectivity index (χ2v) is 5.22. The third-order valence-electron chi connectivity index (χ3n) is 3.75. The Morgan fingerprint density at radius 3 is 2.67 bits per heavy atom. The van der Waals surface area contributed by atoms with Gasteiger partial charge in [0, 0.05) is 19.2 Å². The van der Waals surface area contributed by atoms with Crippen LogP contribution in [0.15, 0.2) is 18.2 Å². The molecule has 0 aromatic heterocycles. The standard InChI is InChI=1S/C15H20FNO/c1-11(18)13-8-5-9-14(16)15(13)17(2)10-12-6-3-4-7-12/h5,8-9,12H,3-4,6-7,10H2,1-2H3. The number of hydrogen-bond acceptors (Lipinski definition) is 2. The van der Waals surface area contributed by atoms with Crippen molar-refractivity contribution in [3.05, 3.63) is 29.6 Å². The summed E-state index contributed by atoms with van der Waals surface area (Å²) >= 11 is 0. The van der Waals surface area contributed by atoms with Crippen molar-refractivity contribution in [2.75, 3.05) is 18.5 Å². The quantitative estimate of drug-likeness (QED) is 0.759. The van der Waals surface area contributed by atoms with Crippen molar-refractivity contribution in [3.8, 4) is 0 Å². The van der Waals surface area contributed by atoms with E-state index < -0.39 is 0 Å². The van der Waals surface area contributed by atoms with Gasteiger partial charge >= 0.3 is 0 Å². The average molecular weight is 249 g/mol. The van der Waals surface area contributed by atoms with Gasteiger partial charge in [-0.15, -0.1) is 0 Å². The summed E-state index contributed by atoms with van der Waals surface area (Å²) in [5.74, 6) is 0.250. The van der Waals surface area contributed by atoms with Crippen LogP contribution in [-0.4, -0.2) is 19.4 Å². The van der Waals surface area contributed by atoms with Gasteiger partial charge in [0.25, 0.3) is 0 Å². The predicted octanol–water partition coefficient (Wildman–Crippen LogP) is 3.65. The van der Waals surface area contributed by atoms with E-state index in [1.807, 2.05) is 11.9 Å². The molecule has 0 bridgehead atoms. The normalized spacial score (nSPS) is 15.9. The van der Waals surface area contributed by atoms with Crippen LogP contribution in [0.3, 0.4) is 0 Å². The Labute approximate surface area is 108 Å². The lowest BCUT2D eigenvalue weighted by Gasteiger charge is -2.25. The molecule has 0 spiro atoms. The molecular weight excluding hydrogens is 229 g/mol. The summed E-state index contributed by atoms with van der Waals surface area (Å²) in [7, 11) is 1.88. The molecule has 0 atom stereocenters. The molecule has 0 aliphatic heterocycles. The maximum atomic E-state index is 13.9. The van der Waals surface area contributed by atoms with Gasteiger partial charge in [-0.05, 0) is 37.8 Å². The zero-order valence-corrected chi connectivity index (χ0v) is 11.1. The summed E-state index contributed by atoms with van der Waals surface area (Å²) in [6.07, 6.45) is 4.98. The van der Waals surface area contributed by atoms with E-state index in [-0.39, 0.29) is 11.6 Å². The van der Waals surface area contributed by atoms with Crippen LogP contribution in [0.5, 0.6) is 0 Å². The number of benzene rings is 1. The highest BCUT2D eigenvalue weighted by molar-refractivity contribution is 5.99. The third kappa shape index (κ3) is 2.71. The minimum Gasteiger partial charge on any atom is -0.371 e. The molecule has 3 heteroatoms. The van der Waals surface area contributed by atoms with Gasteiger partial charge in [-0.3, -0.25) is 4.79 Å². The molecule has 0 amide bonds. The molecule has 0 N–H and O–H groups in total. The van der Waals surface area contributed by atoms with Crippen LogP contribution in [0.1, 0.15) is 43.0 Å². The van der Waals surface area contributed by atoms with E-state index in [2.05, 4.69) is 0 Å². The summed E-state index contributed by atoms with van der Waals surface area (Å²) in [6.45, 7) is 2.32. The molecular formula is C15H20FNO. The Balaban J connectivity index is 2.22. The third-order valence-corrected chi connectivity index (χ3v) is 3.75. The maximum Gasteiger partial charge on any atom is 0.161 e. The molecule has 1 aliphatic rings. The first-order chi connectivity index (χ1) is 8.59. The van der Waals surface area contributed by atoms with Crippen molar-refractivity contribution in [1.82, 2.24) is 0 Å². The number of Topliss-reactive ketones (excluding diaryl/α,β-unsaturated/α-hetero) is 1. The predicted molar refractivity (Wildman–Crippen MR) is 71.6 cm³/mol. The molecule has 0 unspecified atom stereocenters. The SMILES string of the molecule is CC(=O)c1cccc(F)c1N(C)CC1CCCC1. The highest BCUT2D eigenvalue weighted by atomic mass is 19.1. The second-order valence-electron chi connectivity index (χ2n) is 5.22. The molecule has 1 fully saturated rings. The number of rotatable bonds is 4. The Morgan fingerprint density at radius 2 is 2.06 bits per heavy atom. The molecule has 2 rings (SSSR count). The molecule has 1 aromatic carbocycles. The summed E-state index contributed by atoms with van der Waals surface area (Å²) < 4.78 is 13.9. The lowest BCUT2D eigenvalue weighted by molar-refractivity contribution is 0.101. The van der Waals surface area contributed by atoms with Gasteiger partial charge in [-0.2, -0.15) is 0 Å². The summed E-state index contributed by atoms with van der Waals surface area (Å²) in [5.41, 5.74) is 0.937. The fourth-order valence-corrected chi connectivity index (χ4v) is 2.86. The van der Waals surface area contributed by atoms with Gasteiger partial charge in [0.15, 0.2) is 5.78 Å². The zero-order valence-electron chi connectivity index (χ0n) is 11.1. The molecule has 18 heavy (non-hydrogen) atoms. The lowest BCUT2D eigenvalue weighted by Crippen LogP contribution is -2.26. The Morgan fingerprint density at radius 1 is 1.39 bits per heavy atom. The first-order valence-corrected chi connectivity index (χ1v) is 6.60. The van der Waals surface area contributed by atoms with Crippen LogP contribution in [0, 0.1) is 11.7 Å². The molecule has 0 saturated heterocycles. The molecule has 98 valence electrons. The highest BCUT2D eigenvalue weighted by Crippen LogP contribution is 2.29. The van der Waals surface area contributed by atoms with Crippen LogP contribution in [0.2, 0.25) is 0 Å². The van der Waals surface area contributed by atoms with Gasteiger partial charge < -0.3 is 4.90 Å². The number of nitrogens with zero attached hydrogens (tertiary/aromatic N) is 1. The number of anilines is 1. The molecule has 1 saturated carbocycles. The smallest absolute Gasteiger partial charge is 0.161 e. The van der Waals surface area contributed by atoms with E-state index in [0.29, 0.717) is 17.2 Å². The van der Waals surface area contributed by atoms with Crippen molar-refractivity contribution in [2.45, 2.75) is 32.6 Å². The van der Waals surface area contributed by atoms with Crippen molar-refractivity contribution in [3.63, 3.8) is 0 Å². The number of ketones is 1. The first-order valence-electron chi connectivity index (χ1n) is 6.60. The van der Waals surface area contributed by atoms with Gasteiger partial charge in [-0.25, -0.2) is 4.39 Å². The van der Waals surface area contributed by atoms with Gasteiger partial charge in [0.1, 0.15) is 5.82 Å². The summed E-state index contributed by atoms with van der Waals surface area (Å²) in [4.78, 5) is 13.5. The van der Waals surface area contributed by atoms with Crippen molar-refractivity contribution < 1.29 is 9.18 Å². The lowest BCUT2D eigenvalue weighted by atomic mass is 10.0. The fourth-order valence-electron chi connectivity index (χ4n) is 2.86. The molecule has 1 aromatic rings. The monoisotopic (exact) mass is 249 g/mol. The van der Waals surface area contributed by atoms with Crippen molar-refractivity contribution in [1.29, 1.82) is 0 Å². The molecule has 0 radical (unpaired) electrons. The number of carbonyl (C=O) groups excluding carboxylic acids is 1. The topological polar surface area (TPSA) is 20.3 Å². The maximum absolute atomic E-state index is 13.9. The molecule has 2 nitrogen and oxygen atoms in total. The van der Waals surface area contributed by atoms with Crippen molar-refractivity contribution in [2.24, 2.45) is 5.92 Å². The number of carbonyl (C=O) groups is 1. The van der Waals surface area contributed by atoms with E-state index in [9.17, 15) is 9.18 Å². The van der Waals surface area contributed by atoms with E-state index >= 15 is 0 Å². The van der Waals surface area contributed by atoms with Gasteiger partial charge in [-0.1, -0.05) is 18.9 Å². The largest absolute Gasteiger partial charge is 0.371 e. The van der Waals surface area contributed by atoms with Crippen LogP contribution in [-0.2, 0) is 0 Å². The first kappa shape index (κ1) is 13.1. The Bertz CT molecular complexity index is 438. The summed E-state index contributed by atoms with van der Waals surface area (Å²) in [6, 6.07) is 4.72. The zero-order chi connectivity index (χ0) is 13.1. The van der Waals surface area contributed by atoms with Crippen LogP contribution in [0.4, 0.5) is 10.1 Å². The molecule has 1 aliphatic carbocycles. The average Bonchev–Trinajstić information content (AvgIpc) is 2.81. The van der Waals surface area contributed by atoms with E-state index in [4.69, 9.17) is 0 Å². The van der Waals surface area contributed by atoms with Gasteiger partial charge in [0.2, 0.25) is 0 Å². The van der Waals surface area contributed by atoms with Crippen LogP contribution in [0.25, 0.3) is 0 Å². The van der Waals surface area contributed by atoms with E-state index in [1.165, 1.54) is 38.7 Å². The number of hydrogen-bond donors (Lipinski definition) is 0. The number of para-hydroxylation sites is 1. The van der Waals surface area contributed by atoms with Crippen LogP contribution < -0.4 is 4.90 Å². The minimum atomic E-state index is -0.303. The van der Waals surface area contributed by atoms with E-state index in [0.717, 1.165) is 6.54 Å². The minimum absolute atomic E-state index is 0.0808. The fraction of sp³-hybridized carbons (Fsp3) is 0.533. The van der Waals surface area contributed by atoms with Gasteiger partial charge in [0.05, 0.1) is 5.69 Å². The van der Waals surface area contributed by atoms with Crippen molar-refractivity contribution >= 4 is 11.5 Å². The second kappa shape index (κ2) is 5.51. The Kier molecular flexibility index (Phi) is 4.00. The van der Waals surface area contributed by atoms with E-state index in [1.54, 1.807) is 12.1 Å². The number of halogens is 1. The highest BCUT2D eigenvalue weighted by Gasteiger charge is 2.21. The summed E-state index contributed by atoms with van der Waals surface area (Å²) in [5, 5.41) is 0. The van der Waals surface area contributed by atoms with Crippen LogP contribution >= 0.6 is 0 Å².